The smallest absolute Gasteiger partial charge is 0.259 e. The molecule has 0 aliphatic carbocycles. The lowest BCUT2D eigenvalue weighted by Gasteiger charge is -2.05. The molecule has 2 aromatic heterocycles. The van der Waals surface area contributed by atoms with E-state index in [-0.39, 0.29) is 5.91 Å². The van der Waals surface area contributed by atoms with Gasteiger partial charge < -0.3 is 14.6 Å². The van der Waals surface area contributed by atoms with Gasteiger partial charge in [0.2, 0.25) is 0 Å². The van der Waals surface area contributed by atoms with E-state index in [9.17, 15) is 4.79 Å². The number of hydrogen-bond acceptors (Lipinski definition) is 5. The zero-order chi connectivity index (χ0) is 14.7. The zero-order valence-corrected chi connectivity index (χ0v) is 11.4. The summed E-state index contributed by atoms with van der Waals surface area (Å²) in [6, 6.07) is 10.4. The number of benzene rings is 1. The molecule has 3 rings (SSSR count). The third-order valence-corrected chi connectivity index (χ3v) is 2.91. The lowest BCUT2D eigenvalue weighted by molar-refractivity contribution is 0.102. The average molecular weight is 283 g/mol. The number of nitrogens with one attached hydrogen (secondary N) is 1. The molecule has 0 saturated carbocycles. The third kappa shape index (κ3) is 2.69. The minimum atomic E-state index is -0.267. The number of rotatable bonds is 4. The molecule has 3 aromatic rings. The Labute approximate surface area is 120 Å². The molecule has 0 fully saturated rings. The van der Waals surface area contributed by atoms with Crippen molar-refractivity contribution in [3.63, 3.8) is 0 Å². The highest BCUT2D eigenvalue weighted by Crippen LogP contribution is 2.21. The maximum Gasteiger partial charge on any atom is 0.259 e. The van der Waals surface area contributed by atoms with Crippen LogP contribution in [0.15, 0.2) is 47.1 Å². The second kappa shape index (κ2) is 5.62. The van der Waals surface area contributed by atoms with Crippen molar-refractivity contribution in [1.29, 1.82) is 0 Å². The van der Waals surface area contributed by atoms with Gasteiger partial charge >= 0.3 is 0 Å². The quantitative estimate of drug-likeness (QED) is 0.796. The van der Waals surface area contributed by atoms with E-state index >= 15 is 0 Å². The van der Waals surface area contributed by atoms with E-state index in [0.29, 0.717) is 29.1 Å². The first-order valence-corrected chi connectivity index (χ1v) is 6.52. The Morgan fingerprint density at radius 3 is 2.86 bits per heavy atom. The lowest BCUT2D eigenvalue weighted by Crippen LogP contribution is -2.12. The van der Waals surface area contributed by atoms with Crippen LogP contribution in [0, 0.1) is 0 Å². The normalized spacial score (nSPS) is 10.5. The number of hydrogen-bond donors (Lipinski definition) is 1. The molecule has 1 N–H and O–H groups in total. The molecule has 0 atom stereocenters. The molecule has 6 heteroatoms. The van der Waals surface area contributed by atoms with Crippen LogP contribution in [-0.2, 0) is 0 Å². The van der Waals surface area contributed by atoms with Gasteiger partial charge in [-0.3, -0.25) is 4.79 Å². The largest absolute Gasteiger partial charge is 0.494 e. The summed E-state index contributed by atoms with van der Waals surface area (Å²) in [4.78, 5) is 16.2. The van der Waals surface area contributed by atoms with Crippen LogP contribution in [0.3, 0.4) is 0 Å². The fraction of sp³-hybridized carbons (Fsp3) is 0.133. The molecule has 2 heterocycles. The van der Waals surface area contributed by atoms with E-state index < -0.39 is 0 Å². The monoisotopic (exact) mass is 283 g/mol. The Kier molecular flexibility index (Phi) is 3.51. The first kappa shape index (κ1) is 13.1. The van der Waals surface area contributed by atoms with Crippen LogP contribution in [0.25, 0.3) is 11.1 Å². The third-order valence-electron chi connectivity index (χ3n) is 2.91. The molecule has 1 aromatic carbocycles. The van der Waals surface area contributed by atoms with Crippen molar-refractivity contribution in [3.8, 4) is 5.75 Å². The lowest BCUT2D eigenvalue weighted by atomic mass is 10.2. The molecular formula is C15H13N3O3. The predicted octanol–water partition coefficient (Wildman–Crippen LogP) is 2.87. The molecule has 106 valence electrons. The van der Waals surface area contributed by atoms with Crippen LogP contribution in [0.1, 0.15) is 17.3 Å². The molecule has 0 aliphatic heterocycles. The van der Waals surface area contributed by atoms with Gasteiger partial charge in [-0.05, 0) is 43.3 Å². The predicted molar refractivity (Wildman–Crippen MR) is 77.4 cm³/mol. The summed E-state index contributed by atoms with van der Waals surface area (Å²) in [5.74, 6) is 0.819. The van der Waals surface area contributed by atoms with Crippen molar-refractivity contribution in [2.45, 2.75) is 6.92 Å². The molecule has 0 radical (unpaired) electrons. The highest BCUT2D eigenvalue weighted by atomic mass is 16.5. The van der Waals surface area contributed by atoms with Crippen molar-refractivity contribution >= 4 is 22.8 Å². The Morgan fingerprint density at radius 2 is 2.10 bits per heavy atom. The van der Waals surface area contributed by atoms with Crippen molar-refractivity contribution in [3.05, 3.63) is 48.2 Å². The zero-order valence-electron chi connectivity index (χ0n) is 11.4. The second-order valence-corrected chi connectivity index (χ2v) is 4.30. The van der Waals surface area contributed by atoms with Gasteiger partial charge in [0, 0.05) is 11.8 Å². The Bertz CT molecular complexity index is 765. The number of carbonyl (C=O) groups is 1. The standard InChI is InChI=1S/C15H13N3O3/c1-2-20-11-7-5-10(6-8-11)14(19)17-13-12-4-3-9-16-15(12)21-18-13/h3-9H,2H2,1H3,(H,17,18,19). The van der Waals surface area contributed by atoms with Crippen molar-refractivity contribution in [2.24, 2.45) is 0 Å². The van der Waals surface area contributed by atoms with Gasteiger partial charge in [0.05, 0.1) is 12.0 Å². The summed E-state index contributed by atoms with van der Waals surface area (Å²) in [5, 5.41) is 7.19. The summed E-state index contributed by atoms with van der Waals surface area (Å²) in [6.45, 7) is 2.49. The number of ether oxygens (including phenoxy) is 1. The van der Waals surface area contributed by atoms with Gasteiger partial charge in [-0.2, -0.15) is 0 Å². The molecular weight excluding hydrogens is 270 g/mol. The minimum Gasteiger partial charge on any atom is -0.494 e. The minimum absolute atomic E-state index is 0.267. The molecule has 6 nitrogen and oxygen atoms in total. The molecule has 21 heavy (non-hydrogen) atoms. The van der Waals surface area contributed by atoms with E-state index in [1.54, 1.807) is 42.6 Å². The van der Waals surface area contributed by atoms with E-state index in [0.717, 1.165) is 5.75 Å². The van der Waals surface area contributed by atoms with Crippen molar-refractivity contribution < 1.29 is 14.1 Å². The first-order valence-electron chi connectivity index (χ1n) is 6.52. The van der Waals surface area contributed by atoms with Gasteiger partial charge in [0.15, 0.2) is 5.82 Å². The Morgan fingerprint density at radius 1 is 1.29 bits per heavy atom. The number of anilines is 1. The fourth-order valence-corrected chi connectivity index (χ4v) is 1.92. The van der Waals surface area contributed by atoms with E-state index in [4.69, 9.17) is 9.26 Å². The average Bonchev–Trinajstić information content (AvgIpc) is 2.92. The topological polar surface area (TPSA) is 77.2 Å². The van der Waals surface area contributed by atoms with E-state index in [1.807, 2.05) is 6.92 Å². The van der Waals surface area contributed by atoms with Crippen LogP contribution in [-0.4, -0.2) is 22.7 Å². The Hall–Kier alpha value is -2.89. The summed E-state index contributed by atoms with van der Waals surface area (Å²) in [6.07, 6.45) is 1.60. The van der Waals surface area contributed by atoms with Gasteiger partial charge in [0.25, 0.3) is 11.6 Å². The number of amides is 1. The molecule has 0 saturated heterocycles. The number of nitrogens with zero attached hydrogens (tertiary/aromatic N) is 2. The molecule has 0 bridgehead atoms. The SMILES string of the molecule is CCOc1ccc(C(=O)Nc2noc3ncccc23)cc1. The van der Waals surface area contributed by atoms with Gasteiger partial charge in [-0.1, -0.05) is 5.16 Å². The molecule has 0 unspecified atom stereocenters. The number of aromatic nitrogens is 2. The first-order chi connectivity index (χ1) is 10.3. The molecule has 0 aliphatic rings. The number of carbonyl (C=O) groups excluding carboxylic acids is 1. The summed E-state index contributed by atoms with van der Waals surface area (Å²) in [5.41, 5.74) is 0.901. The summed E-state index contributed by atoms with van der Waals surface area (Å²) >= 11 is 0. The van der Waals surface area contributed by atoms with Crippen LogP contribution in [0.2, 0.25) is 0 Å². The second-order valence-electron chi connectivity index (χ2n) is 4.30. The highest BCUT2D eigenvalue weighted by molar-refractivity contribution is 6.07. The van der Waals surface area contributed by atoms with Gasteiger partial charge in [0.1, 0.15) is 5.75 Å². The van der Waals surface area contributed by atoms with Crippen molar-refractivity contribution in [1.82, 2.24) is 10.1 Å². The maximum atomic E-state index is 12.2. The fourth-order valence-electron chi connectivity index (χ4n) is 1.92. The maximum absolute atomic E-state index is 12.2. The highest BCUT2D eigenvalue weighted by Gasteiger charge is 2.13. The van der Waals surface area contributed by atoms with Gasteiger partial charge in [-0.25, -0.2) is 4.98 Å². The van der Waals surface area contributed by atoms with E-state index in [1.165, 1.54) is 0 Å². The van der Waals surface area contributed by atoms with Gasteiger partial charge in [-0.15, -0.1) is 0 Å². The van der Waals surface area contributed by atoms with E-state index in [2.05, 4.69) is 15.5 Å². The molecule has 1 amide bonds. The van der Waals surface area contributed by atoms with Crippen molar-refractivity contribution in [2.75, 3.05) is 11.9 Å². The molecule has 0 spiro atoms. The van der Waals surface area contributed by atoms with Crippen LogP contribution in [0.5, 0.6) is 5.75 Å². The van der Waals surface area contributed by atoms with Crippen LogP contribution < -0.4 is 10.1 Å². The number of pyridine rings is 1. The van der Waals surface area contributed by atoms with Crippen LogP contribution >= 0.6 is 0 Å². The summed E-state index contributed by atoms with van der Waals surface area (Å²) < 4.78 is 10.4. The summed E-state index contributed by atoms with van der Waals surface area (Å²) in [7, 11) is 0. The Balaban J connectivity index is 1.79. The van der Waals surface area contributed by atoms with Crippen LogP contribution in [0.4, 0.5) is 5.82 Å². The number of fused-ring (bicyclic) bond motifs is 1.